The number of thiazole rings is 1. The maximum atomic E-state index is 13.0. The van der Waals surface area contributed by atoms with E-state index >= 15 is 0 Å². The van der Waals surface area contributed by atoms with Crippen molar-refractivity contribution in [3.8, 4) is 10.7 Å². The molecule has 0 radical (unpaired) electrons. The van der Waals surface area contributed by atoms with Crippen LogP contribution in [0.15, 0.2) is 18.3 Å². The lowest BCUT2D eigenvalue weighted by Crippen LogP contribution is -2.35. The predicted octanol–water partition coefficient (Wildman–Crippen LogP) is 3.38. The van der Waals surface area contributed by atoms with Crippen LogP contribution in [-0.2, 0) is 17.9 Å². The van der Waals surface area contributed by atoms with Gasteiger partial charge in [-0.15, -0.1) is 11.3 Å². The second-order valence-electron chi connectivity index (χ2n) is 5.79. The van der Waals surface area contributed by atoms with Gasteiger partial charge in [0.05, 0.1) is 24.2 Å². The summed E-state index contributed by atoms with van der Waals surface area (Å²) < 4.78 is 18.2. The molecule has 1 N–H and O–H groups in total. The van der Waals surface area contributed by atoms with E-state index in [0.717, 1.165) is 22.1 Å². The van der Waals surface area contributed by atoms with E-state index in [1.165, 1.54) is 12.3 Å². The topological polar surface area (TPSA) is 47.0 Å². The van der Waals surface area contributed by atoms with Gasteiger partial charge in [-0.05, 0) is 32.9 Å². The maximum Gasteiger partial charge on any atom is 0.142 e. The van der Waals surface area contributed by atoms with Crippen LogP contribution in [0.25, 0.3) is 10.7 Å². The van der Waals surface area contributed by atoms with Gasteiger partial charge in [0.25, 0.3) is 0 Å². The highest BCUT2D eigenvalue weighted by molar-refractivity contribution is 7.15. The molecule has 0 aliphatic heterocycles. The van der Waals surface area contributed by atoms with Crippen molar-refractivity contribution in [2.24, 2.45) is 0 Å². The summed E-state index contributed by atoms with van der Waals surface area (Å²) in [6.07, 6.45) is 1.21. The summed E-state index contributed by atoms with van der Waals surface area (Å²) in [5.74, 6) is -0.345. The van der Waals surface area contributed by atoms with E-state index in [2.05, 4.69) is 36.1 Å². The summed E-state index contributed by atoms with van der Waals surface area (Å²) in [6, 6.07) is 3.04. The Morgan fingerprint density at radius 3 is 2.67 bits per heavy atom. The SMILES string of the molecule is COCc1nc(-c2ccc(F)cn2)sc1CNC(C)(C)C. The molecule has 0 atom stereocenters. The molecule has 0 amide bonds. The molecular weight excluding hydrogens is 289 g/mol. The fourth-order valence-electron chi connectivity index (χ4n) is 1.73. The molecule has 2 rings (SSSR count). The molecule has 0 fully saturated rings. The molecule has 0 bridgehead atoms. The third-order valence-electron chi connectivity index (χ3n) is 2.79. The normalized spacial score (nSPS) is 11.9. The van der Waals surface area contributed by atoms with Crippen LogP contribution >= 0.6 is 11.3 Å². The van der Waals surface area contributed by atoms with Gasteiger partial charge in [-0.25, -0.2) is 9.37 Å². The van der Waals surface area contributed by atoms with Crippen molar-refractivity contribution >= 4 is 11.3 Å². The van der Waals surface area contributed by atoms with E-state index in [0.29, 0.717) is 12.3 Å². The van der Waals surface area contributed by atoms with E-state index in [4.69, 9.17) is 4.74 Å². The molecule has 0 aliphatic carbocycles. The zero-order valence-electron chi connectivity index (χ0n) is 12.7. The summed E-state index contributed by atoms with van der Waals surface area (Å²) in [5.41, 5.74) is 1.61. The lowest BCUT2D eigenvalue weighted by Gasteiger charge is -2.20. The number of methoxy groups -OCH3 is 1. The quantitative estimate of drug-likeness (QED) is 0.920. The van der Waals surface area contributed by atoms with E-state index in [-0.39, 0.29) is 11.4 Å². The third kappa shape index (κ3) is 4.56. The molecule has 2 aromatic rings. The van der Waals surface area contributed by atoms with Crippen LogP contribution < -0.4 is 5.32 Å². The molecule has 0 aromatic carbocycles. The number of pyridine rings is 1. The number of nitrogens with zero attached hydrogens (tertiary/aromatic N) is 2. The molecule has 2 aromatic heterocycles. The number of ether oxygens (including phenoxy) is 1. The number of hydrogen-bond acceptors (Lipinski definition) is 5. The Balaban J connectivity index is 2.25. The first-order chi connectivity index (χ1) is 9.89. The van der Waals surface area contributed by atoms with Crippen LogP contribution in [0, 0.1) is 5.82 Å². The molecule has 2 heterocycles. The minimum absolute atomic E-state index is 0.0304. The van der Waals surface area contributed by atoms with Gasteiger partial charge in [0.2, 0.25) is 0 Å². The monoisotopic (exact) mass is 309 g/mol. The summed E-state index contributed by atoms with van der Waals surface area (Å²) >= 11 is 1.56. The molecule has 0 saturated heterocycles. The first-order valence-electron chi connectivity index (χ1n) is 6.73. The Morgan fingerprint density at radius 1 is 1.33 bits per heavy atom. The lowest BCUT2D eigenvalue weighted by atomic mass is 10.1. The molecule has 0 spiro atoms. The zero-order chi connectivity index (χ0) is 15.5. The Morgan fingerprint density at radius 2 is 2.10 bits per heavy atom. The van der Waals surface area contributed by atoms with Crippen molar-refractivity contribution in [1.82, 2.24) is 15.3 Å². The van der Waals surface area contributed by atoms with E-state index in [9.17, 15) is 4.39 Å². The van der Waals surface area contributed by atoms with Crippen molar-refractivity contribution < 1.29 is 9.13 Å². The standard InChI is InChI=1S/C15H20FN3OS/c1-15(2,3)18-8-13-12(9-20-4)19-14(21-13)11-6-5-10(16)7-17-11/h5-7,18H,8-9H2,1-4H3. The Kier molecular flexibility index (Phi) is 5.03. The smallest absolute Gasteiger partial charge is 0.142 e. The summed E-state index contributed by atoms with van der Waals surface area (Å²) in [6.45, 7) is 7.53. The van der Waals surface area contributed by atoms with Gasteiger partial charge in [0, 0.05) is 24.1 Å². The fourth-order valence-corrected chi connectivity index (χ4v) is 2.71. The summed E-state index contributed by atoms with van der Waals surface area (Å²) in [4.78, 5) is 9.77. The highest BCUT2D eigenvalue weighted by Crippen LogP contribution is 2.27. The van der Waals surface area contributed by atoms with Crippen molar-refractivity contribution in [3.05, 3.63) is 34.7 Å². The van der Waals surface area contributed by atoms with E-state index in [1.54, 1.807) is 24.5 Å². The van der Waals surface area contributed by atoms with E-state index < -0.39 is 0 Å². The number of nitrogens with one attached hydrogen (secondary N) is 1. The number of rotatable bonds is 5. The molecule has 0 unspecified atom stereocenters. The highest BCUT2D eigenvalue weighted by Gasteiger charge is 2.16. The predicted molar refractivity (Wildman–Crippen MR) is 82.6 cm³/mol. The van der Waals surface area contributed by atoms with Crippen LogP contribution in [0.3, 0.4) is 0 Å². The first-order valence-corrected chi connectivity index (χ1v) is 7.55. The zero-order valence-corrected chi connectivity index (χ0v) is 13.6. The maximum absolute atomic E-state index is 13.0. The van der Waals surface area contributed by atoms with Gasteiger partial charge in [-0.3, -0.25) is 4.98 Å². The third-order valence-corrected chi connectivity index (χ3v) is 3.91. The average molecular weight is 309 g/mol. The number of aromatic nitrogens is 2. The Labute approximate surface area is 128 Å². The van der Waals surface area contributed by atoms with Crippen LogP contribution in [0.5, 0.6) is 0 Å². The molecule has 114 valence electrons. The lowest BCUT2D eigenvalue weighted by molar-refractivity contribution is 0.181. The van der Waals surface area contributed by atoms with Gasteiger partial charge in [-0.2, -0.15) is 0 Å². The molecular formula is C15H20FN3OS. The minimum Gasteiger partial charge on any atom is -0.378 e. The highest BCUT2D eigenvalue weighted by atomic mass is 32.1. The first kappa shape index (κ1) is 16.0. The molecule has 0 saturated carbocycles. The molecule has 21 heavy (non-hydrogen) atoms. The van der Waals surface area contributed by atoms with Crippen molar-refractivity contribution in [3.63, 3.8) is 0 Å². The Bertz CT molecular complexity index is 590. The summed E-state index contributed by atoms with van der Waals surface area (Å²) in [5, 5.41) is 4.23. The van der Waals surface area contributed by atoms with Gasteiger partial charge >= 0.3 is 0 Å². The minimum atomic E-state index is -0.345. The number of hydrogen-bond donors (Lipinski definition) is 1. The molecule has 6 heteroatoms. The largest absolute Gasteiger partial charge is 0.378 e. The fraction of sp³-hybridized carbons (Fsp3) is 0.467. The van der Waals surface area contributed by atoms with Crippen LogP contribution in [0.1, 0.15) is 31.3 Å². The van der Waals surface area contributed by atoms with Crippen LogP contribution in [0.2, 0.25) is 0 Å². The molecule has 0 aliphatic rings. The Hall–Kier alpha value is -1.37. The van der Waals surface area contributed by atoms with Crippen LogP contribution in [0.4, 0.5) is 4.39 Å². The second-order valence-corrected chi connectivity index (χ2v) is 6.87. The van der Waals surface area contributed by atoms with Crippen molar-refractivity contribution in [1.29, 1.82) is 0 Å². The van der Waals surface area contributed by atoms with E-state index in [1.807, 2.05) is 0 Å². The van der Waals surface area contributed by atoms with Crippen molar-refractivity contribution in [2.75, 3.05) is 7.11 Å². The van der Waals surface area contributed by atoms with Gasteiger partial charge in [0.1, 0.15) is 10.8 Å². The van der Waals surface area contributed by atoms with Crippen LogP contribution in [-0.4, -0.2) is 22.6 Å². The summed E-state index contributed by atoms with van der Waals surface area (Å²) in [7, 11) is 1.65. The number of halogens is 1. The second kappa shape index (κ2) is 6.60. The van der Waals surface area contributed by atoms with Crippen molar-refractivity contribution in [2.45, 2.75) is 39.5 Å². The van der Waals surface area contributed by atoms with Gasteiger partial charge < -0.3 is 10.1 Å². The average Bonchev–Trinajstić information content (AvgIpc) is 2.80. The van der Waals surface area contributed by atoms with Gasteiger partial charge in [-0.1, -0.05) is 0 Å². The van der Waals surface area contributed by atoms with Gasteiger partial charge in [0.15, 0.2) is 0 Å². The molecule has 4 nitrogen and oxygen atoms in total.